The molecule has 0 aliphatic rings. The van der Waals surface area contributed by atoms with Crippen molar-refractivity contribution < 1.29 is 4.42 Å². The molecule has 2 aromatic heterocycles. The van der Waals surface area contributed by atoms with Crippen molar-refractivity contribution in [1.29, 1.82) is 0 Å². The summed E-state index contributed by atoms with van der Waals surface area (Å²) in [5.41, 5.74) is 6.76. The molecule has 0 radical (unpaired) electrons. The average Bonchev–Trinajstić information content (AvgIpc) is 3.55. The second-order valence-corrected chi connectivity index (χ2v) is 12.4. The van der Waals surface area contributed by atoms with E-state index in [0.717, 1.165) is 49.6 Å². The minimum atomic E-state index is 0.613. The van der Waals surface area contributed by atoms with Gasteiger partial charge in [-0.1, -0.05) is 127 Å². The van der Waals surface area contributed by atoms with Crippen LogP contribution in [0.2, 0.25) is 0 Å². The fourth-order valence-corrected chi connectivity index (χ4v) is 7.08. The number of hydrogen-bond donors (Lipinski definition) is 0. The van der Waals surface area contributed by atoms with Crippen molar-refractivity contribution in [3.63, 3.8) is 0 Å². The molecular formula is C45H27N3O. The Morgan fingerprint density at radius 1 is 0.327 bits per heavy atom. The van der Waals surface area contributed by atoms with E-state index in [-0.39, 0.29) is 0 Å². The fourth-order valence-electron chi connectivity index (χ4n) is 7.08. The van der Waals surface area contributed by atoms with E-state index in [1.165, 1.54) is 32.5 Å². The summed E-state index contributed by atoms with van der Waals surface area (Å²) in [6.07, 6.45) is 0. The number of rotatable bonds is 4. The molecule has 10 aromatic rings. The summed E-state index contributed by atoms with van der Waals surface area (Å²) in [6, 6.07) is 57.1. The summed E-state index contributed by atoms with van der Waals surface area (Å²) in [6.45, 7) is 0. The van der Waals surface area contributed by atoms with Crippen LogP contribution in [0.25, 0.3) is 99.5 Å². The van der Waals surface area contributed by atoms with E-state index >= 15 is 0 Å². The van der Waals surface area contributed by atoms with Gasteiger partial charge in [0.05, 0.1) is 0 Å². The van der Waals surface area contributed by atoms with Crippen molar-refractivity contribution in [2.24, 2.45) is 0 Å². The largest absolute Gasteiger partial charge is 0.456 e. The molecule has 0 aliphatic heterocycles. The lowest BCUT2D eigenvalue weighted by atomic mass is 9.93. The van der Waals surface area contributed by atoms with Gasteiger partial charge in [0.25, 0.3) is 0 Å². The molecule has 0 aliphatic carbocycles. The van der Waals surface area contributed by atoms with Gasteiger partial charge in [-0.05, 0) is 79.8 Å². The van der Waals surface area contributed by atoms with E-state index in [4.69, 9.17) is 19.4 Å². The molecule has 8 aromatic carbocycles. The molecule has 0 atom stereocenters. The monoisotopic (exact) mass is 625 g/mol. The molecular weight excluding hydrogens is 599 g/mol. The highest BCUT2D eigenvalue weighted by Gasteiger charge is 2.16. The smallest absolute Gasteiger partial charge is 0.164 e. The molecule has 4 nitrogen and oxygen atoms in total. The Labute approximate surface area is 282 Å². The van der Waals surface area contributed by atoms with E-state index in [1.54, 1.807) is 0 Å². The first kappa shape index (κ1) is 27.5. The molecule has 228 valence electrons. The van der Waals surface area contributed by atoms with E-state index in [2.05, 4.69) is 133 Å². The number of benzene rings is 8. The van der Waals surface area contributed by atoms with Gasteiger partial charge < -0.3 is 4.42 Å². The molecule has 0 amide bonds. The van der Waals surface area contributed by atoms with Crippen LogP contribution >= 0.6 is 0 Å². The zero-order valence-corrected chi connectivity index (χ0v) is 26.3. The Hall–Kier alpha value is -6.65. The van der Waals surface area contributed by atoms with Crippen LogP contribution in [0, 0.1) is 0 Å². The quantitative estimate of drug-likeness (QED) is 0.183. The van der Waals surface area contributed by atoms with Gasteiger partial charge in [-0.15, -0.1) is 0 Å². The highest BCUT2D eigenvalue weighted by Crippen LogP contribution is 2.37. The maximum absolute atomic E-state index is 6.13. The van der Waals surface area contributed by atoms with E-state index < -0.39 is 0 Å². The Kier molecular flexibility index (Phi) is 6.15. The number of para-hydroxylation sites is 1. The lowest BCUT2D eigenvalue weighted by molar-refractivity contribution is 0.669. The predicted molar refractivity (Wildman–Crippen MR) is 201 cm³/mol. The van der Waals surface area contributed by atoms with Gasteiger partial charge >= 0.3 is 0 Å². The first-order chi connectivity index (χ1) is 24.2. The van der Waals surface area contributed by atoms with Crippen molar-refractivity contribution >= 4 is 54.3 Å². The van der Waals surface area contributed by atoms with E-state index in [0.29, 0.717) is 17.5 Å². The second-order valence-electron chi connectivity index (χ2n) is 12.4. The predicted octanol–water partition coefficient (Wildman–Crippen LogP) is 11.9. The third-order valence-corrected chi connectivity index (χ3v) is 9.48. The summed E-state index contributed by atoms with van der Waals surface area (Å²) in [7, 11) is 0. The Morgan fingerprint density at radius 2 is 0.898 bits per heavy atom. The average molecular weight is 626 g/mol. The van der Waals surface area contributed by atoms with Crippen LogP contribution in [0.15, 0.2) is 168 Å². The van der Waals surface area contributed by atoms with Crippen molar-refractivity contribution in [2.75, 3.05) is 0 Å². The summed E-state index contributed by atoms with van der Waals surface area (Å²) >= 11 is 0. The minimum absolute atomic E-state index is 0.613. The Balaban J connectivity index is 1.18. The Bertz CT molecular complexity index is 2900. The van der Waals surface area contributed by atoms with Gasteiger partial charge in [-0.25, -0.2) is 15.0 Å². The van der Waals surface area contributed by atoms with Crippen molar-refractivity contribution in [2.45, 2.75) is 0 Å². The van der Waals surface area contributed by atoms with Crippen molar-refractivity contribution in [3.05, 3.63) is 164 Å². The molecule has 49 heavy (non-hydrogen) atoms. The van der Waals surface area contributed by atoms with Gasteiger partial charge in [0.2, 0.25) is 0 Å². The van der Waals surface area contributed by atoms with Gasteiger partial charge in [0, 0.05) is 27.5 Å². The highest BCUT2D eigenvalue weighted by atomic mass is 16.3. The molecule has 0 fully saturated rings. The number of furan rings is 1. The van der Waals surface area contributed by atoms with E-state index in [1.807, 2.05) is 30.3 Å². The maximum Gasteiger partial charge on any atom is 0.164 e. The molecule has 2 heterocycles. The zero-order valence-electron chi connectivity index (χ0n) is 26.3. The third kappa shape index (κ3) is 4.65. The molecule has 0 N–H and O–H groups in total. The maximum atomic E-state index is 6.13. The number of aromatic nitrogens is 3. The van der Waals surface area contributed by atoms with Crippen molar-refractivity contribution in [1.82, 2.24) is 15.0 Å². The van der Waals surface area contributed by atoms with Crippen LogP contribution in [0.1, 0.15) is 0 Å². The van der Waals surface area contributed by atoms with Crippen LogP contribution in [-0.2, 0) is 0 Å². The molecule has 0 saturated carbocycles. The van der Waals surface area contributed by atoms with Crippen molar-refractivity contribution in [3.8, 4) is 45.3 Å². The molecule has 0 unspecified atom stereocenters. The highest BCUT2D eigenvalue weighted by molar-refractivity contribution is 6.14. The molecule has 4 heteroatoms. The number of hydrogen-bond acceptors (Lipinski definition) is 4. The van der Waals surface area contributed by atoms with Gasteiger partial charge in [-0.2, -0.15) is 0 Å². The zero-order chi connectivity index (χ0) is 32.3. The van der Waals surface area contributed by atoms with Crippen LogP contribution in [0.5, 0.6) is 0 Å². The van der Waals surface area contributed by atoms with Gasteiger partial charge in [0.1, 0.15) is 11.2 Å². The summed E-state index contributed by atoms with van der Waals surface area (Å²) < 4.78 is 6.13. The summed E-state index contributed by atoms with van der Waals surface area (Å²) in [4.78, 5) is 15.3. The lowest BCUT2D eigenvalue weighted by Crippen LogP contribution is -2.00. The lowest BCUT2D eigenvalue weighted by Gasteiger charge is -2.12. The standard InChI is InChI=1S/C45H27N3O/c1-2-11-31-25-34(22-19-28(31)9-1)44-46-43(47-45(48-44)35-23-24-41-39(27-35)38-16-5-6-18-40(38)49-41)33-14-7-13-32(26-33)37-17-8-12-30-21-20-29-10-3-4-15-36(29)42(30)37/h1-27H. The van der Waals surface area contributed by atoms with Gasteiger partial charge in [-0.3, -0.25) is 0 Å². The topological polar surface area (TPSA) is 51.8 Å². The summed E-state index contributed by atoms with van der Waals surface area (Å²) in [5, 5.41) is 9.34. The van der Waals surface area contributed by atoms with Crippen LogP contribution in [0.3, 0.4) is 0 Å². The second kappa shape index (κ2) is 11.0. The summed E-state index contributed by atoms with van der Waals surface area (Å²) in [5.74, 6) is 1.86. The first-order valence-electron chi connectivity index (χ1n) is 16.4. The molecule has 0 bridgehead atoms. The molecule has 0 spiro atoms. The Morgan fingerprint density at radius 3 is 1.76 bits per heavy atom. The van der Waals surface area contributed by atoms with Crippen LogP contribution in [0.4, 0.5) is 0 Å². The molecule has 0 saturated heterocycles. The SMILES string of the molecule is c1cc(-c2nc(-c3ccc4ccccc4c3)nc(-c3ccc4oc5ccccc5c4c3)n2)cc(-c2cccc3ccc4ccccc4c23)c1. The number of nitrogens with zero attached hydrogens (tertiary/aromatic N) is 3. The third-order valence-electron chi connectivity index (χ3n) is 9.48. The first-order valence-corrected chi connectivity index (χ1v) is 16.4. The van der Waals surface area contributed by atoms with Gasteiger partial charge in [0.15, 0.2) is 17.5 Å². The molecule has 10 rings (SSSR count). The normalized spacial score (nSPS) is 11.7. The van der Waals surface area contributed by atoms with Crippen LogP contribution < -0.4 is 0 Å². The van der Waals surface area contributed by atoms with E-state index in [9.17, 15) is 0 Å². The number of fused-ring (bicyclic) bond motifs is 7. The fraction of sp³-hybridized carbons (Fsp3) is 0. The van der Waals surface area contributed by atoms with Crippen LogP contribution in [-0.4, -0.2) is 15.0 Å². The minimum Gasteiger partial charge on any atom is -0.456 e.